The third kappa shape index (κ3) is 2.56. The molecule has 0 unspecified atom stereocenters. The first-order chi connectivity index (χ1) is 10.1. The van der Waals surface area contributed by atoms with E-state index in [2.05, 4.69) is 34.7 Å². The second-order valence-electron chi connectivity index (χ2n) is 5.63. The van der Waals surface area contributed by atoms with Crippen LogP contribution in [-0.4, -0.2) is 22.0 Å². The molecule has 2 heterocycles. The first kappa shape index (κ1) is 13.8. The van der Waals surface area contributed by atoms with Crippen molar-refractivity contribution in [3.05, 3.63) is 46.5 Å². The summed E-state index contributed by atoms with van der Waals surface area (Å²) in [6, 6.07) is 4.15. The van der Waals surface area contributed by atoms with Crippen molar-refractivity contribution in [2.24, 2.45) is 0 Å². The predicted octanol–water partition coefficient (Wildman–Crippen LogP) is 2.16. The molecule has 0 atom stereocenters. The number of fused-ring (bicyclic) bond motifs is 1. The largest absolute Gasteiger partial charge is 0.321 e. The highest BCUT2D eigenvalue weighted by Crippen LogP contribution is 2.22. The van der Waals surface area contributed by atoms with E-state index in [1.807, 2.05) is 18.4 Å². The number of aryl methyl sites for hydroxylation is 3. The lowest BCUT2D eigenvalue weighted by Gasteiger charge is -2.18. The maximum atomic E-state index is 12.5. The molecule has 5 nitrogen and oxygen atoms in total. The molecular formula is C16H20N4O. The van der Waals surface area contributed by atoms with Gasteiger partial charge in [-0.2, -0.15) is 0 Å². The Morgan fingerprint density at radius 3 is 2.71 bits per heavy atom. The maximum absolute atomic E-state index is 12.5. The molecule has 1 aromatic heterocycles. The number of imidazole rings is 1. The molecule has 0 spiro atoms. The minimum Gasteiger partial charge on any atom is -0.321 e. The first-order valence-corrected chi connectivity index (χ1v) is 7.20. The van der Waals surface area contributed by atoms with E-state index < -0.39 is 0 Å². The molecule has 21 heavy (non-hydrogen) atoms. The van der Waals surface area contributed by atoms with Crippen LogP contribution in [0.25, 0.3) is 0 Å². The Hall–Kier alpha value is -2.14. The van der Waals surface area contributed by atoms with E-state index in [9.17, 15) is 4.79 Å². The summed E-state index contributed by atoms with van der Waals surface area (Å²) in [6.45, 7) is 8.50. The molecule has 110 valence electrons. The van der Waals surface area contributed by atoms with Crippen LogP contribution >= 0.6 is 0 Å². The summed E-state index contributed by atoms with van der Waals surface area (Å²) in [6.07, 6.45) is 1.77. The lowest BCUT2D eigenvalue weighted by molar-refractivity contribution is 0.101. The number of amides is 1. The summed E-state index contributed by atoms with van der Waals surface area (Å²) in [5, 5.41) is 6.29. The quantitative estimate of drug-likeness (QED) is 0.888. The van der Waals surface area contributed by atoms with E-state index in [1.54, 1.807) is 6.20 Å². The summed E-state index contributed by atoms with van der Waals surface area (Å²) in [5.41, 5.74) is 5.30. The molecule has 0 saturated heterocycles. The van der Waals surface area contributed by atoms with Crippen LogP contribution in [0.2, 0.25) is 0 Å². The number of benzene rings is 1. The van der Waals surface area contributed by atoms with E-state index in [0.717, 1.165) is 42.1 Å². The van der Waals surface area contributed by atoms with Gasteiger partial charge in [0, 0.05) is 25.3 Å². The topological polar surface area (TPSA) is 59.0 Å². The first-order valence-electron chi connectivity index (χ1n) is 7.20. The van der Waals surface area contributed by atoms with Gasteiger partial charge in [0.2, 0.25) is 0 Å². The number of hydrogen-bond donors (Lipinski definition) is 2. The molecule has 0 fully saturated rings. The number of nitrogens with one attached hydrogen (secondary N) is 2. The molecule has 0 aliphatic carbocycles. The van der Waals surface area contributed by atoms with Crippen LogP contribution in [0.3, 0.4) is 0 Å². The molecule has 1 aliphatic rings. The molecule has 1 aliphatic heterocycles. The van der Waals surface area contributed by atoms with Gasteiger partial charge in [-0.15, -0.1) is 0 Å². The van der Waals surface area contributed by atoms with Crippen LogP contribution in [0.5, 0.6) is 0 Å². The Balaban J connectivity index is 1.89. The molecule has 5 heteroatoms. The highest BCUT2D eigenvalue weighted by atomic mass is 16.2. The average Bonchev–Trinajstić information content (AvgIpc) is 2.86. The van der Waals surface area contributed by atoms with E-state index in [-0.39, 0.29) is 5.91 Å². The van der Waals surface area contributed by atoms with E-state index in [1.165, 1.54) is 5.56 Å². The summed E-state index contributed by atoms with van der Waals surface area (Å²) in [5.74, 6) is 0.351. The van der Waals surface area contributed by atoms with Gasteiger partial charge in [0.1, 0.15) is 0 Å². The summed E-state index contributed by atoms with van der Waals surface area (Å²) in [7, 11) is 0. The lowest BCUT2D eigenvalue weighted by Crippen LogP contribution is -2.30. The van der Waals surface area contributed by atoms with Gasteiger partial charge in [-0.05, 0) is 31.9 Å². The van der Waals surface area contributed by atoms with Gasteiger partial charge < -0.3 is 15.2 Å². The Bertz CT molecular complexity index is 679. The number of anilines is 1. The van der Waals surface area contributed by atoms with Crippen molar-refractivity contribution in [2.75, 3.05) is 11.9 Å². The fraction of sp³-hybridized carbons (Fsp3) is 0.375. The molecule has 2 N–H and O–H groups in total. The van der Waals surface area contributed by atoms with Crippen LogP contribution in [0, 0.1) is 20.8 Å². The summed E-state index contributed by atoms with van der Waals surface area (Å²) >= 11 is 0. The maximum Gasteiger partial charge on any atom is 0.291 e. The second kappa shape index (κ2) is 5.33. The van der Waals surface area contributed by atoms with Gasteiger partial charge >= 0.3 is 0 Å². The fourth-order valence-electron chi connectivity index (χ4n) is 2.94. The Morgan fingerprint density at radius 2 is 2.00 bits per heavy atom. The van der Waals surface area contributed by atoms with Crippen molar-refractivity contribution < 1.29 is 4.79 Å². The van der Waals surface area contributed by atoms with Gasteiger partial charge in [0.15, 0.2) is 5.82 Å². The summed E-state index contributed by atoms with van der Waals surface area (Å²) < 4.78 is 1.99. The highest BCUT2D eigenvalue weighted by molar-refractivity contribution is 6.02. The van der Waals surface area contributed by atoms with Gasteiger partial charge in [0.05, 0.1) is 11.9 Å². The third-order valence-electron chi connectivity index (χ3n) is 3.88. The average molecular weight is 284 g/mol. The highest BCUT2D eigenvalue weighted by Gasteiger charge is 2.20. The SMILES string of the molecule is Cc1cc(C)c(NC(=O)c2ncc3n2CCNC3)c(C)c1. The number of hydrogen-bond acceptors (Lipinski definition) is 3. The standard InChI is InChI=1S/C16H20N4O/c1-10-6-11(2)14(12(3)7-10)19-16(21)15-18-9-13-8-17-4-5-20(13)15/h6-7,9,17H,4-5,8H2,1-3H3,(H,19,21). The van der Waals surface area contributed by atoms with Crippen LogP contribution in [0.1, 0.15) is 33.0 Å². The molecule has 0 saturated carbocycles. The molecule has 1 aromatic carbocycles. The van der Waals surface area contributed by atoms with E-state index in [0.29, 0.717) is 5.82 Å². The number of rotatable bonds is 2. The van der Waals surface area contributed by atoms with Crippen LogP contribution in [0.4, 0.5) is 5.69 Å². The van der Waals surface area contributed by atoms with Gasteiger partial charge in [-0.1, -0.05) is 17.7 Å². The Labute approximate surface area is 124 Å². The molecular weight excluding hydrogens is 264 g/mol. The fourth-order valence-corrected chi connectivity index (χ4v) is 2.94. The molecule has 1 amide bonds. The lowest BCUT2D eigenvalue weighted by atomic mass is 10.1. The minimum absolute atomic E-state index is 0.141. The van der Waals surface area contributed by atoms with Crippen LogP contribution in [0.15, 0.2) is 18.3 Å². The second-order valence-corrected chi connectivity index (χ2v) is 5.63. The molecule has 2 aromatic rings. The zero-order valence-corrected chi connectivity index (χ0v) is 12.7. The van der Waals surface area contributed by atoms with Crippen LogP contribution in [-0.2, 0) is 13.1 Å². The number of carbonyl (C=O) groups excluding carboxylic acids is 1. The minimum atomic E-state index is -0.141. The third-order valence-corrected chi connectivity index (χ3v) is 3.88. The monoisotopic (exact) mass is 284 g/mol. The molecule has 3 rings (SSSR count). The van der Waals surface area contributed by atoms with E-state index >= 15 is 0 Å². The Morgan fingerprint density at radius 1 is 1.29 bits per heavy atom. The van der Waals surface area contributed by atoms with Crippen LogP contribution < -0.4 is 10.6 Å². The number of aromatic nitrogens is 2. The number of nitrogens with zero attached hydrogens (tertiary/aromatic N) is 2. The summed E-state index contributed by atoms with van der Waals surface area (Å²) in [4.78, 5) is 16.8. The van der Waals surface area contributed by atoms with Crippen molar-refractivity contribution in [2.45, 2.75) is 33.9 Å². The smallest absolute Gasteiger partial charge is 0.291 e. The zero-order chi connectivity index (χ0) is 15.0. The molecule has 0 bridgehead atoms. The zero-order valence-electron chi connectivity index (χ0n) is 12.7. The van der Waals surface area contributed by atoms with Gasteiger partial charge in [-0.25, -0.2) is 4.98 Å². The van der Waals surface area contributed by atoms with E-state index in [4.69, 9.17) is 0 Å². The normalized spacial score (nSPS) is 13.9. The van der Waals surface area contributed by atoms with Crippen molar-refractivity contribution in [3.8, 4) is 0 Å². The molecule has 0 radical (unpaired) electrons. The van der Waals surface area contributed by atoms with Crippen molar-refractivity contribution >= 4 is 11.6 Å². The van der Waals surface area contributed by atoms with Crippen molar-refractivity contribution in [3.63, 3.8) is 0 Å². The Kier molecular flexibility index (Phi) is 3.51. The van der Waals surface area contributed by atoms with Gasteiger partial charge in [0.25, 0.3) is 5.91 Å². The van der Waals surface area contributed by atoms with Crippen molar-refractivity contribution in [1.82, 2.24) is 14.9 Å². The van der Waals surface area contributed by atoms with Crippen molar-refractivity contribution in [1.29, 1.82) is 0 Å². The number of carbonyl (C=O) groups is 1. The van der Waals surface area contributed by atoms with Gasteiger partial charge in [-0.3, -0.25) is 4.79 Å². The predicted molar refractivity (Wildman–Crippen MR) is 82.5 cm³/mol.